The Morgan fingerprint density at radius 3 is 2.40 bits per heavy atom. The average molecular weight is 273 g/mol. The van der Waals surface area contributed by atoms with Gasteiger partial charge in [0.15, 0.2) is 6.04 Å². The van der Waals surface area contributed by atoms with Crippen molar-refractivity contribution >= 4 is 11.9 Å². The van der Waals surface area contributed by atoms with Crippen LogP contribution in [0.15, 0.2) is 30.3 Å². The van der Waals surface area contributed by atoms with E-state index in [1.807, 2.05) is 0 Å². The van der Waals surface area contributed by atoms with Crippen molar-refractivity contribution in [2.75, 3.05) is 0 Å². The first kappa shape index (κ1) is 13.8. The zero-order chi connectivity index (χ0) is 14.7. The van der Waals surface area contributed by atoms with Crippen molar-refractivity contribution in [2.45, 2.75) is 19.9 Å². The van der Waals surface area contributed by atoms with Crippen molar-refractivity contribution in [1.82, 2.24) is 15.5 Å². The second kappa shape index (κ2) is 5.56. The molecule has 1 amide bonds. The highest BCUT2D eigenvalue weighted by molar-refractivity contribution is 5.98. The second-order valence-electron chi connectivity index (χ2n) is 4.46. The number of carbonyl (C=O) groups is 2. The monoisotopic (exact) mass is 273 g/mol. The Bertz CT molecular complexity index is 615. The summed E-state index contributed by atoms with van der Waals surface area (Å²) in [5, 5.41) is 18.4. The third-order valence-electron chi connectivity index (χ3n) is 3.01. The van der Waals surface area contributed by atoms with Crippen LogP contribution < -0.4 is 5.32 Å². The Hall–Kier alpha value is -2.63. The molecule has 3 N–H and O–H groups in total. The molecule has 0 fully saturated rings. The maximum Gasteiger partial charge on any atom is 0.330 e. The SMILES string of the molecule is Cc1n[nH]c(C)c1C(=O)N[C@H](C(=O)O)c1ccccc1. The number of carbonyl (C=O) groups excluding carboxylic acids is 1. The van der Waals surface area contributed by atoms with Gasteiger partial charge in [0.2, 0.25) is 0 Å². The molecule has 0 aliphatic rings. The summed E-state index contributed by atoms with van der Waals surface area (Å²) in [6, 6.07) is 7.48. The first-order valence-corrected chi connectivity index (χ1v) is 6.11. The summed E-state index contributed by atoms with van der Waals surface area (Å²) >= 11 is 0. The van der Waals surface area contributed by atoms with E-state index in [0.29, 0.717) is 22.5 Å². The average Bonchev–Trinajstić information content (AvgIpc) is 2.76. The van der Waals surface area contributed by atoms with Crippen LogP contribution in [-0.2, 0) is 4.79 Å². The van der Waals surface area contributed by atoms with Crippen LogP contribution in [-0.4, -0.2) is 27.2 Å². The van der Waals surface area contributed by atoms with Crippen molar-refractivity contribution in [3.63, 3.8) is 0 Å². The molecule has 1 aromatic heterocycles. The number of carboxylic acids is 1. The molecule has 2 rings (SSSR count). The largest absolute Gasteiger partial charge is 0.479 e. The van der Waals surface area contributed by atoms with Gasteiger partial charge >= 0.3 is 5.97 Å². The number of aromatic amines is 1. The topological polar surface area (TPSA) is 95.1 Å². The van der Waals surface area contributed by atoms with E-state index < -0.39 is 17.9 Å². The summed E-state index contributed by atoms with van der Waals surface area (Å²) in [5.74, 6) is -1.56. The number of benzene rings is 1. The summed E-state index contributed by atoms with van der Waals surface area (Å²) in [5.41, 5.74) is 2.05. The highest BCUT2D eigenvalue weighted by Crippen LogP contribution is 2.15. The number of nitrogens with one attached hydrogen (secondary N) is 2. The number of rotatable bonds is 4. The Morgan fingerprint density at radius 2 is 1.90 bits per heavy atom. The minimum atomic E-state index is -1.11. The van der Waals surface area contributed by atoms with Gasteiger partial charge in [-0.1, -0.05) is 30.3 Å². The fourth-order valence-electron chi connectivity index (χ4n) is 2.02. The Balaban J connectivity index is 2.26. The number of carboxylic acid groups (broad SMARTS) is 1. The van der Waals surface area contributed by atoms with E-state index in [1.165, 1.54) is 0 Å². The van der Waals surface area contributed by atoms with E-state index in [4.69, 9.17) is 0 Å². The quantitative estimate of drug-likeness (QED) is 0.788. The fourth-order valence-corrected chi connectivity index (χ4v) is 2.02. The smallest absolute Gasteiger partial charge is 0.330 e. The predicted molar refractivity (Wildman–Crippen MR) is 72.3 cm³/mol. The second-order valence-corrected chi connectivity index (χ2v) is 4.46. The summed E-state index contributed by atoms with van der Waals surface area (Å²) in [6.07, 6.45) is 0. The molecular weight excluding hydrogens is 258 g/mol. The molecular formula is C14H15N3O3. The molecule has 6 nitrogen and oxygen atoms in total. The molecule has 1 aromatic carbocycles. The molecule has 104 valence electrons. The number of hydrogen-bond acceptors (Lipinski definition) is 3. The van der Waals surface area contributed by atoms with E-state index >= 15 is 0 Å². The summed E-state index contributed by atoms with van der Waals surface area (Å²) in [4.78, 5) is 23.5. The molecule has 20 heavy (non-hydrogen) atoms. The van der Waals surface area contributed by atoms with Gasteiger partial charge in [0, 0.05) is 5.69 Å². The molecule has 0 bridgehead atoms. The molecule has 1 atom stereocenters. The minimum absolute atomic E-state index is 0.382. The van der Waals surface area contributed by atoms with Crippen LogP contribution in [0.5, 0.6) is 0 Å². The first-order valence-electron chi connectivity index (χ1n) is 6.11. The normalized spacial score (nSPS) is 11.9. The lowest BCUT2D eigenvalue weighted by molar-refractivity contribution is -0.139. The van der Waals surface area contributed by atoms with Crippen LogP contribution in [0.3, 0.4) is 0 Å². The van der Waals surface area contributed by atoms with Gasteiger partial charge < -0.3 is 10.4 Å². The number of H-pyrrole nitrogens is 1. The maximum atomic E-state index is 12.2. The fraction of sp³-hybridized carbons (Fsp3) is 0.214. The lowest BCUT2D eigenvalue weighted by atomic mass is 10.1. The maximum absolute atomic E-state index is 12.2. The van der Waals surface area contributed by atoms with Gasteiger partial charge in [-0.25, -0.2) is 4.79 Å². The van der Waals surface area contributed by atoms with E-state index in [1.54, 1.807) is 44.2 Å². The zero-order valence-electron chi connectivity index (χ0n) is 11.2. The Kier molecular flexibility index (Phi) is 3.84. The van der Waals surface area contributed by atoms with Gasteiger partial charge in [0.1, 0.15) is 0 Å². The summed E-state index contributed by atoms with van der Waals surface area (Å²) in [7, 11) is 0. The van der Waals surface area contributed by atoms with Crippen LogP contribution in [0.4, 0.5) is 0 Å². The third-order valence-corrected chi connectivity index (χ3v) is 3.01. The van der Waals surface area contributed by atoms with Gasteiger partial charge in [0.05, 0.1) is 11.3 Å². The number of aliphatic carboxylic acids is 1. The molecule has 2 aromatic rings. The Labute approximate surface area is 115 Å². The lowest BCUT2D eigenvalue weighted by Crippen LogP contribution is -2.34. The number of aromatic nitrogens is 2. The molecule has 0 saturated heterocycles. The lowest BCUT2D eigenvalue weighted by Gasteiger charge is -2.15. The van der Waals surface area contributed by atoms with Crippen molar-refractivity contribution in [3.8, 4) is 0 Å². The van der Waals surface area contributed by atoms with Gasteiger partial charge in [-0.2, -0.15) is 5.10 Å². The molecule has 0 spiro atoms. The highest BCUT2D eigenvalue weighted by Gasteiger charge is 2.24. The number of hydrogen-bond donors (Lipinski definition) is 3. The van der Waals surface area contributed by atoms with Gasteiger partial charge in [0.25, 0.3) is 5.91 Å². The molecule has 0 radical (unpaired) electrons. The van der Waals surface area contributed by atoms with E-state index in [0.717, 1.165) is 0 Å². The van der Waals surface area contributed by atoms with Crippen molar-refractivity contribution < 1.29 is 14.7 Å². The van der Waals surface area contributed by atoms with Crippen LogP contribution >= 0.6 is 0 Å². The summed E-state index contributed by atoms with van der Waals surface area (Å²) < 4.78 is 0. The minimum Gasteiger partial charge on any atom is -0.479 e. The van der Waals surface area contributed by atoms with Crippen molar-refractivity contribution in [3.05, 3.63) is 52.8 Å². The highest BCUT2D eigenvalue weighted by atomic mass is 16.4. The molecule has 1 heterocycles. The molecule has 0 aliphatic heterocycles. The molecule has 0 unspecified atom stereocenters. The Morgan fingerprint density at radius 1 is 1.25 bits per heavy atom. The summed E-state index contributed by atoms with van der Waals surface area (Å²) in [6.45, 7) is 3.41. The third kappa shape index (κ3) is 2.69. The van der Waals surface area contributed by atoms with E-state index in [2.05, 4.69) is 15.5 Å². The zero-order valence-corrected chi connectivity index (χ0v) is 11.2. The van der Waals surface area contributed by atoms with Gasteiger partial charge in [-0.05, 0) is 19.4 Å². The molecule has 0 aliphatic carbocycles. The van der Waals surface area contributed by atoms with Crippen molar-refractivity contribution in [2.24, 2.45) is 0 Å². The van der Waals surface area contributed by atoms with Crippen LogP contribution in [0.25, 0.3) is 0 Å². The van der Waals surface area contributed by atoms with Gasteiger partial charge in [-0.15, -0.1) is 0 Å². The van der Waals surface area contributed by atoms with Crippen LogP contribution in [0.1, 0.15) is 33.4 Å². The van der Waals surface area contributed by atoms with E-state index in [-0.39, 0.29) is 0 Å². The number of amides is 1. The first-order chi connectivity index (χ1) is 9.50. The van der Waals surface area contributed by atoms with Crippen LogP contribution in [0, 0.1) is 13.8 Å². The van der Waals surface area contributed by atoms with Crippen LogP contribution in [0.2, 0.25) is 0 Å². The number of aryl methyl sites for hydroxylation is 2. The van der Waals surface area contributed by atoms with Crippen molar-refractivity contribution in [1.29, 1.82) is 0 Å². The number of nitrogens with zero attached hydrogens (tertiary/aromatic N) is 1. The predicted octanol–water partition coefficient (Wildman–Crippen LogP) is 1.58. The molecule has 0 saturated carbocycles. The van der Waals surface area contributed by atoms with Gasteiger partial charge in [-0.3, -0.25) is 9.89 Å². The van der Waals surface area contributed by atoms with E-state index in [9.17, 15) is 14.7 Å². The standard InChI is InChI=1S/C14H15N3O3/c1-8-11(9(2)17-16-8)13(18)15-12(14(19)20)10-6-4-3-5-7-10/h3-7,12H,1-2H3,(H,15,18)(H,16,17)(H,19,20)/t12-/m0/s1. The molecule has 6 heteroatoms.